The van der Waals surface area contributed by atoms with Crippen LogP contribution in [0.25, 0.3) is 11.3 Å². The van der Waals surface area contributed by atoms with E-state index in [9.17, 15) is 4.79 Å². The number of hydrogen-bond donors (Lipinski definition) is 0. The average molecular weight is 313 g/mol. The van der Waals surface area contributed by atoms with E-state index in [0.29, 0.717) is 27.9 Å². The lowest BCUT2D eigenvalue weighted by Crippen LogP contribution is -1.96. The van der Waals surface area contributed by atoms with Crippen LogP contribution in [0, 0.1) is 0 Å². The molecule has 0 saturated carbocycles. The van der Waals surface area contributed by atoms with Gasteiger partial charge in [0.2, 0.25) is 5.88 Å². The number of aldehydes is 1. The number of carbonyl (C=O) groups excluding carboxylic acids is 1. The van der Waals surface area contributed by atoms with Crippen LogP contribution in [0.4, 0.5) is 0 Å². The van der Waals surface area contributed by atoms with Crippen molar-refractivity contribution in [2.24, 2.45) is 7.05 Å². The zero-order chi connectivity index (χ0) is 15.5. The van der Waals surface area contributed by atoms with Crippen LogP contribution in [0.5, 0.6) is 11.6 Å². The molecule has 0 N–H and O–H groups in total. The third-order valence-electron chi connectivity index (χ3n) is 3.22. The van der Waals surface area contributed by atoms with E-state index < -0.39 is 0 Å². The second kappa shape index (κ2) is 6.03. The molecular weight excluding hydrogens is 300 g/mol. The first-order chi connectivity index (χ1) is 10.7. The van der Waals surface area contributed by atoms with Gasteiger partial charge in [-0.25, -0.2) is 4.68 Å². The zero-order valence-corrected chi connectivity index (χ0v) is 12.6. The predicted octanol–water partition coefficient (Wildman–Crippen LogP) is 4.35. The monoisotopic (exact) mass is 312 g/mol. The summed E-state index contributed by atoms with van der Waals surface area (Å²) in [6.45, 7) is 0. The summed E-state index contributed by atoms with van der Waals surface area (Å²) in [5.74, 6) is 0.992. The molecule has 110 valence electrons. The number of rotatable bonds is 4. The summed E-state index contributed by atoms with van der Waals surface area (Å²) in [7, 11) is 1.74. The fourth-order valence-electron chi connectivity index (χ4n) is 2.18. The minimum Gasteiger partial charge on any atom is -0.439 e. The van der Waals surface area contributed by atoms with Gasteiger partial charge in [0.25, 0.3) is 0 Å². The van der Waals surface area contributed by atoms with E-state index in [1.165, 1.54) is 0 Å². The predicted molar refractivity (Wildman–Crippen MR) is 85.6 cm³/mol. The number of nitrogens with zero attached hydrogens (tertiary/aromatic N) is 2. The van der Waals surface area contributed by atoms with E-state index in [1.54, 1.807) is 36.0 Å². The smallest absolute Gasteiger partial charge is 0.228 e. The van der Waals surface area contributed by atoms with Crippen LogP contribution in [0.2, 0.25) is 5.02 Å². The zero-order valence-electron chi connectivity index (χ0n) is 11.9. The van der Waals surface area contributed by atoms with Crippen LogP contribution in [-0.2, 0) is 7.05 Å². The first kappa shape index (κ1) is 14.4. The Labute approximate surface area is 132 Å². The summed E-state index contributed by atoms with van der Waals surface area (Å²) in [6.07, 6.45) is 0.764. The molecule has 0 amide bonds. The molecule has 0 unspecified atom stereocenters. The fourth-order valence-corrected chi connectivity index (χ4v) is 2.30. The molecule has 22 heavy (non-hydrogen) atoms. The molecule has 4 nitrogen and oxygen atoms in total. The minimum absolute atomic E-state index is 0.399. The average Bonchev–Trinajstić information content (AvgIpc) is 2.86. The number of aromatic nitrogens is 2. The van der Waals surface area contributed by atoms with Gasteiger partial charge in [0.1, 0.15) is 17.0 Å². The molecule has 0 aliphatic heterocycles. The summed E-state index contributed by atoms with van der Waals surface area (Å²) in [6, 6.07) is 16.5. The molecule has 2 aromatic carbocycles. The number of aryl methyl sites for hydroxylation is 1. The summed E-state index contributed by atoms with van der Waals surface area (Å²) >= 11 is 5.86. The standard InChI is InChI=1S/C17H13ClN2O2/c1-20-17(22-14-9-7-13(18)8-10-14)15(11-21)16(19-20)12-5-3-2-4-6-12/h2-11H,1H3. The number of ether oxygens (including phenoxy) is 1. The van der Waals surface area contributed by atoms with Crippen molar-refractivity contribution in [3.05, 3.63) is 65.2 Å². The normalized spacial score (nSPS) is 10.5. The van der Waals surface area contributed by atoms with Gasteiger partial charge in [-0.3, -0.25) is 4.79 Å². The van der Waals surface area contributed by atoms with E-state index in [0.717, 1.165) is 11.8 Å². The molecule has 0 aliphatic rings. The molecule has 3 aromatic rings. The van der Waals surface area contributed by atoms with Crippen molar-refractivity contribution in [1.82, 2.24) is 9.78 Å². The topological polar surface area (TPSA) is 44.1 Å². The molecule has 0 saturated heterocycles. The van der Waals surface area contributed by atoms with Gasteiger partial charge in [-0.15, -0.1) is 0 Å². The Morgan fingerprint density at radius 2 is 1.77 bits per heavy atom. The number of halogens is 1. The Bertz CT molecular complexity index is 796. The molecule has 5 heteroatoms. The number of carbonyl (C=O) groups is 1. The van der Waals surface area contributed by atoms with Crippen LogP contribution >= 0.6 is 11.6 Å². The Kier molecular flexibility index (Phi) is 3.94. The molecule has 3 rings (SSSR count). The summed E-state index contributed by atoms with van der Waals surface area (Å²) in [4.78, 5) is 11.5. The largest absolute Gasteiger partial charge is 0.439 e. The molecule has 0 aliphatic carbocycles. The van der Waals surface area contributed by atoms with Gasteiger partial charge in [-0.2, -0.15) is 5.10 Å². The maximum atomic E-state index is 11.5. The van der Waals surface area contributed by atoms with Gasteiger partial charge >= 0.3 is 0 Å². The van der Waals surface area contributed by atoms with Crippen molar-refractivity contribution in [2.75, 3.05) is 0 Å². The Balaban J connectivity index is 2.03. The maximum Gasteiger partial charge on any atom is 0.228 e. The molecule has 1 heterocycles. The lowest BCUT2D eigenvalue weighted by atomic mass is 10.1. The van der Waals surface area contributed by atoms with Crippen molar-refractivity contribution in [3.8, 4) is 22.9 Å². The van der Waals surface area contributed by atoms with Crippen LogP contribution in [0.15, 0.2) is 54.6 Å². The molecule has 0 spiro atoms. The van der Waals surface area contributed by atoms with Crippen LogP contribution in [0.1, 0.15) is 10.4 Å². The lowest BCUT2D eigenvalue weighted by Gasteiger charge is -2.06. The van der Waals surface area contributed by atoms with Crippen molar-refractivity contribution < 1.29 is 9.53 Å². The van der Waals surface area contributed by atoms with Crippen molar-refractivity contribution in [2.45, 2.75) is 0 Å². The highest BCUT2D eigenvalue weighted by molar-refractivity contribution is 6.30. The van der Waals surface area contributed by atoms with Gasteiger partial charge in [0.15, 0.2) is 6.29 Å². The van der Waals surface area contributed by atoms with Gasteiger partial charge < -0.3 is 4.74 Å². The van der Waals surface area contributed by atoms with Crippen molar-refractivity contribution in [1.29, 1.82) is 0 Å². The van der Waals surface area contributed by atoms with Crippen LogP contribution in [0.3, 0.4) is 0 Å². The van der Waals surface area contributed by atoms with Crippen molar-refractivity contribution >= 4 is 17.9 Å². The van der Waals surface area contributed by atoms with E-state index in [1.807, 2.05) is 30.3 Å². The summed E-state index contributed by atoms with van der Waals surface area (Å²) in [5, 5.41) is 5.02. The maximum absolute atomic E-state index is 11.5. The van der Waals surface area contributed by atoms with E-state index in [-0.39, 0.29) is 0 Å². The Morgan fingerprint density at radius 1 is 1.09 bits per heavy atom. The molecule has 0 radical (unpaired) electrons. The first-order valence-electron chi connectivity index (χ1n) is 6.70. The Hall–Kier alpha value is -2.59. The van der Waals surface area contributed by atoms with E-state index in [2.05, 4.69) is 5.10 Å². The van der Waals surface area contributed by atoms with Gasteiger partial charge in [0, 0.05) is 17.6 Å². The van der Waals surface area contributed by atoms with E-state index >= 15 is 0 Å². The van der Waals surface area contributed by atoms with Crippen LogP contribution < -0.4 is 4.74 Å². The highest BCUT2D eigenvalue weighted by atomic mass is 35.5. The first-order valence-corrected chi connectivity index (χ1v) is 7.08. The quantitative estimate of drug-likeness (QED) is 0.673. The van der Waals surface area contributed by atoms with Crippen molar-refractivity contribution in [3.63, 3.8) is 0 Å². The summed E-state index contributed by atoms with van der Waals surface area (Å²) in [5.41, 5.74) is 1.89. The fraction of sp³-hybridized carbons (Fsp3) is 0.0588. The van der Waals surface area contributed by atoms with E-state index in [4.69, 9.17) is 16.3 Å². The summed E-state index contributed by atoms with van der Waals surface area (Å²) < 4.78 is 7.36. The highest BCUT2D eigenvalue weighted by Crippen LogP contribution is 2.31. The molecule has 0 bridgehead atoms. The SMILES string of the molecule is Cn1nc(-c2ccccc2)c(C=O)c1Oc1ccc(Cl)cc1. The van der Waals surface area contributed by atoms with Crippen LogP contribution in [-0.4, -0.2) is 16.1 Å². The van der Waals surface area contributed by atoms with Gasteiger partial charge in [-0.05, 0) is 24.3 Å². The second-order valence-corrected chi connectivity index (χ2v) is 5.17. The molecular formula is C17H13ClN2O2. The number of hydrogen-bond acceptors (Lipinski definition) is 3. The third-order valence-corrected chi connectivity index (χ3v) is 3.47. The third kappa shape index (κ3) is 2.73. The lowest BCUT2D eigenvalue weighted by molar-refractivity contribution is 0.112. The number of benzene rings is 2. The Morgan fingerprint density at radius 3 is 2.41 bits per heavy atom. The van der Waals surface area contributed by atoms with Gasteiger partial charge in [-0.1, -0.05) is 41.9 Å². The minimum atomic E-state index is 0.399. The molecule has 1 aromatic heterocycles. The highest BCUT2D eigenvalue weighted by Gasteiger charge is 2.19. The molecule has 0 atom stereocenters. The molecule has 0 fully saturated rings. The van der Waals surface area contributed by atoms with Gasteiger partial charge in [0.05, 0.1) is 0 Å². The second-order valence-electron chi connectivity index (χ2n) is 4.73.